The van der Waals surface area contributed by atoms with Gasteiger partial charge in [-0.1, -0.05) is 43.2 Å². The number of anilines is 1. The van der Waals surface area contributed by atoms with Gasteiger partial charge in [0.15, 0.2) is 0 Å². The van der Waals surface area contributed by atoms with Gasteiger partial charge in [-0.2, -0.15) is 0 Å². The molecule has 33 heavy (non-hydrogen) atoms. The summed E-state index contributed by atoms with van der Waals surface area (Å²) in [7, 11) is 1.54. The van der Waals surface area contributed by atoms with Gasteiger partial charge in [-0.3, -0.25) is 14.5 Å². The Balaban J connectivity index is 1.79. The fourth-order valence-electron chi connectivity index (χ4n) is 4.29. The first kappa shape index (κ1) is 23.0. The number of amides is 2. The topological polar surface area (TPSA) is 58.6 Å². The van der Waals surface area contributed by atoms with Crippen LogP contribution in [0, 0.1) is 5.82 Å². The number of ether oxygens (including phenoxy) is 1. The molecule has 172 valence electrons. The van der Waals surface area contributed by atoms with E-state index >= 15 is 4.39 Å². The first-order chi connectivity index (χ1) is 16.1. The Morgan fingerprint density at radius 3 is 2.61 bits per heavy atom. The zero-order chi connectivity index (χ0) is 23.2. The lowest BCUT2D eigenvalue weighted by molar-refractivity contribution is -0.127. The van der Waals surface area contributed by atoms with Crippen LogP contribution in [0.5, 0.6) is 5.75 Å². The molecule has 3 aromatic rings. The van der Waals surface area contributed by atoms with Crippen LogP contribution >= 0.6 is 11.3 Å². The van der Waals surface area contributed by atoms with Crippen LogP contribution in [0.1, 0.15) is 42.2 Å². The van der Waals surface area contributed by atoms with Gasteiger partial charge in [0.05, 0.1) is 13.5 Å². The third kappa shape index (κ3) is 5.42. The number of nitrogens with one attached hydrogen (secondary N) is 1. The molecule has 0 saturated heterocycles. The molecule has 2 amide bonds. The molecule has 0 aliphatic heterocycles. The molecule has 1 aliphatic carbocycles. The summed E-state index contributed by atoms with van der Waals surface area (Å²) >= 11 is 1.47. The molecule has 2 aromatic carbocycles. The number of halogens is 1. The van der Waals surface area contributed by atoms with Crippen LogP contribution in [-0.2, 0) is 16.0 Å². The number of nitrogens with zero attached hydrogens (tertiary/aromatic N) is 1. The van der Waals surface area contributed by atoms with Crippen molar-refractivity contribution < 1.29 is 18.7 Å². The van der Waals surface area contributed by atoms with E-state index in [-0.39, 0.29) is 29.8 Å². The van der Waals surface area contributed by atoms with Gasteiger partial charge in [0.2, 0.25) is 11.8 Å². The molecular weight excluding hydrogens is 439 g/mol. The summed E-state index contributed by atoms with van der Waals surface area (Å²) in [5.74, 6) is -0.652. The smallest absolute Gasteiger partial charge is 0.248 e. The van der Waals surface area contributed by atoms with Crippen LogP contribution in [0.15, 0.2) is 66.0 Å². The second kappa shape index (κ2) is 10.6. The molecule has 1 saturated carbocycles. The molecule has 7 heteroatoms. The van der Waals surface area contributed by atoms with Crippen LogP contribution < -0.4 is 15.0 Å². The standard InChI is InChI=1S/C26H27FN2O3S/c1-32-20-11-6-10-19(16-20)29(24(30)17-21-12-7-15-33-21)25(22-13-4-5-14-23(22)27)26(31)28-18-8-2-3-9-18/h4-7,10-16,18,25H,2-3,8-9,17H2,1H3,(H,28,31)/t25-/m0/s1. The van der Waals surface area contributed by atoms with Crippen molar-refractivity contribution in [2.75, 3.05) is 12.0 Å². The van der Waals surface area contributed by atoms with E-state index in [9.17, 15) is 9.59 Å². The van der Waals surface area contributed by atoms with Crippen LogP contribution in [0.2, 0.25) is 0 Å². The first-order valence-corrected chi connectivity index (χ1v) is 12.0. The number of hydrogen-bond acceptors (Lipinski definition) is 4. The van der Waals surface area contributed by atoms with Crippen LogP contribution in [0.3, 0.4) is 0 Å². The molecule has 0 radical (unpaired) electrons. The number of hydrogen-bond donors (Lipinski definition) is 1. The van der Waals surface area contributed by atoms with Gasteiger partial charge in [0.25, 0.3) is 0 Å². The van der Waals surface area contributed by atoms with Crippen molar-refractivity contribution in [3.8, 4) is 5.75 Å². The van der Waals surface area contributed by atoms with Crippen molar-refractivity contribution in [3.05, 3.63) is 82.3 Å². The SMILES string of the molecule is COc1cccc(N(C(=O)Cc2cccs2)[C@H](C(=O)NC2CCCC2)c2ccccc2F)c1. The summed E-state index contributed by atoms with van der Waals surface area (Å²) in [6, 6.07) is 15.8. The van der Waals surface area contributed by atoms with Crippen LogP contribution in [-0.4, -0.2) is 25.0 Å². The largest absolute Gasteiger partial charge is 0.497 e. The monoisotopic (exact) mass is 466 g/mol. The molecule has 1 heterocycles. The Bertz CT molecular complexity index is 1100. The highest BCUT2D eigenvalue weighted by Gasteiger charge is 2.36. The predicted molar refractivity (Wildman–Crippen MR) is 128 cm³/mol. The highest BCUT2D eigenvalue weighted by Crippen LogP contribution is 2.33. The first-order valence-electron chi connectivity index (χ1n) is 11.1. The van der Waals surface area contributed by atoms with Gasteiger partial charge < -0.3 is 10.1 Å². The number of thiophene rings is 1. The van der Waals surface area contributed by atoms with E-state index in [0.717, 1.165) is 30.6 Å². The number of carbonyl (C=O) groups is 2. The van der Waals surface area contributed by atoms with E-state index < -0.39 is 11.9 Å². The molecule has 1 aliphatic rings. The minimum Gasteiger partial charge on any atom is -0.497 e. The highest BCUT2D eigenvalue weighted by molar-refractivity contribution is 7.10. The Hall–Kier alpha value is -3.19. The normalized spacial score (nSPS) is 14.6. The lowest BCUT2D eigenvalue weighted by atomic mass is 10.0. The van der Waals surface area contributed by atoms with Gasteiger partial charge in [0.1, 0.15) is 17.6 Å². The molecule has 1 N–H and O–H groups in total. The van der Waals surface area contributed by atoms with Gasteiger partial charge in [-0.05, 0) is 42.5 Å². The van der Waals surface area contributed by atoms with Crippen molar-refractivity contribution in [2.45, 2.75) is 44.2 Å². The van der Waals surface area contributed by atoms with E-state index in [1.165, 1.54) is 29.4 Å². The fraction of sp³-hybridized carbons (Fsp3) is 0.308. The molecular formula is C26H27FN2O3S. The summed E-state index contributed by atoms with van der Waals surface area (Å²) in [5.41, 5.74) is 0.640. The zero-order valence-electron chi connectivity index (χ0n) is 18.5. The van der Waals surface area contributed by atoms with Crippen LogP contribution in [0.4, 0.5) is 10.1 Å². The Morgan fingerprint density at radius 1 is 1.12 bits per heavy atom. The third-order valence-electron chi connectivity index (χ3n) is 5.91. The minimum absolute atomic E-state index is 0.0336. The van der Waals surface area contributed by atoms with E-state index in [4.69, 9.17) is 4.74 Å². The molecule has 0 bridgehead atoms. The van der Waals surface area contributed by atoms with Crippen molar-refractivity contribution in [3.63, 3.8) is 0 Å². The zero-order valence-corrected chi connectivity index (χ0v) is 19.3. The third-order valence-corrected chi connectivity index (χ3v) is 6.79. The molecule has 5 nitrogen and oxygen atoms in total. The maximum absolute atomic E-state index is 15.0. The minimum atomic E-state index is -1.15. The average molecular weight is 467 g/mol. The summed E-state index contributed by atoms with van der Waals surface area (Å²) in [5, 5.41) is 4.97. The predicted octanol–water partition coefficient (Wildman–Crippen LogP) is 5.27. The number of carbonyl (C=O) groups excluding carboxylic acids is 2. The van der Waals surface area contributed by atoms with Gasteiger partial charge >= 0.3 is 0 Å². The van der Waals surface area contributed by atoms with Crippen molar-refractivity contribution in [1.82, 2.24) is 5.32 Å². The van der Waals surface area contributed by atoms with E-state index in [1.807, 2.05) is 17.5 Å². The number of benzene rings is 2. The maximum atomic E-state index is 15.0. The second-order valence-corrected chi connectivity index (χ2v) is 9.17. The Kier molecular flexibility index (Phi) is 7.40. The molecule has 0 spiro atoms. The van der Waals surface area contributed by atoms with E-state index in [2.05, 4.69) is 5.32 Å². The summed E-state index contributed by atoms with van der Waals surface area (Å²) in [4.78, 5) is 29.6. The average Bonchev–Trinajstić information content (AvgIpc) is 3.52. The fourth-order valence-corrected chi connectivity index (χ4v) is 4.99. The summed E-state index contributed by atoms with van der Waals surface area (Å²) in [6.07, 6.45) is 3.98. The molecule has 1 fully saturated rings. The van der Waals surface area contributed by atoms with Crippen molar-refractivity contribution in [2.24, 2.45) is 0 Å². The summed E-state index contributed by atoms with van der Waals surface area (Å²) in [6.45, 7) is 0. The van der Waals surface area contributed by atoms with Gasteiger partial charge in [-0.25, -0.2) is 4.39 Å². The van der Waals surface area contributed by atoms with Crippen molar-refractivity contribution in [1.29, 1.82) is 0 Å². The maximum Gasteiger partial charge on any atom is 0.248 e. The quantitative estimate of drug-likeness (QED) is 0.492. The van der Waals surface area contributed by atoms with Crippen LogP contribution in [0.25, 0.3) is 0 Å². The van der Waals surface area contributed by atoms with Crippen molar-refractivity contribution >= 4 is 28.8 Å². The summed E-state index contributed by atoms with van der Waals surface area (Å²) < 4.78 is 20.4. The molecule has 0 unspecified atom stereocenters. The van der Waals surface area contributed by atoms with Gasteiger partial charge in [-0.15, -0.1) is 11.3 Å². The Labute approximate surface area is 197 Å². The number of rotatable bonds is 8. The molecule has 4 rings (SSSR count). The Morgan fingerprint density at radius 2 is 1.91 bits per heavy atom. The van der Waals surface area contributed by atoms with Gasteiger partial charge in [0, 0.05) is 28.2 Å². The second-order valence-electron chi connectivity index (χ2n) is 8.14. The van der Waals surface area contributed by atoms with E-state index in [0.29, 0.717) is 11.4 Å². The highest BCUT2D eigenvalue weighted by atomic mass is 32.1. The molecule has 1 atom stereocenters. The lowest BCUT2D eigenvalue weighted by Crippen LogP contribution is -2.47. The lowest BCUT2D eigenvalue weighted by Gasteiger charge is -2.32. The van der Waals surface area contributed by atoms with E-state index in [1.54, 1.807) is 42.5 Å². The number of methoxy groups -OCH3 is 1. The molecule has 1 aromatic heterocycles.